The number of likely N-dealkylation sites (N-methyl/N-ethyl adjacent to an activating group) is 1. The van der Waals surface area contributed by atoms with Gasteiger partial charge < -0.3 is 17.0 Å². The van der Waals surface area contributed by atoms with E-state index in [2.05, 4.69) is 15.4 Å². The van der Waals surface area contributed by atoms with Crippen LogP contribution in [0.5, 0.6) is 0 Å². The molecular weight excluding hydrogens is 291 g/mol. The predicted molar refractivity (Wildman–Crippen MR) is 80.9 cm³/mol. The van der Waals surface area contributed by atoms with Gasteiger partial charge in [0.05, 0.1) is 18.3 Å². The van der Waals surface area contributed by atoms with Gasteiger partial charge in [0.2, 0.25) is 0 Å². The summed E-state index contributed by atoms with van der Waals surface area (Å²) in [7, 11) is 1.73. The van der Waals surface area contributed by atoms with Gasteiger partial charge in [-0.25, -0.2) is 4.79 Å². The fourth-order valence-corrected chi connectivity index (χ4v) is 2.94. The Balaban J connectivity index is 0.00000144. The molecule has 23 heavy (non-hydrogen) atoms. The maximum atomic E-state index is 11.6. The molecule has 0 radical (unpaired) electrons. The summed E-state index contributed by atoms with van der Waals surface area (Å²) in [4.78, 5) is 15.7. The SMILES string of the molecule is CNCC(O)Cn1nc2c(c1C(=O)O)CCc1cnccc1-2.[H-].[Li+]. The fraction of sp³-hybridized carbons (Fsp3) is 0.400. The molecule has 0 fully saturated rings. The summed E-state index contributed by atoms with van der Waals surface area (Å²) in [6.45, 7) is 0.528. The van der Waals surface area contributed by atoms with Gasteiger partial charge in [-0.05, 0) is 31.5 Å². The van der Waals surface area contributed by atoms with Crippen molar-refractivity contribution in [1.29, 1.82) is 0 Å². The van der Waals surface area contributed by atoms with Gasteiger partial charge in [-0.3, -0.25) is 9.67 Å². The average Bonchev–Trinajstić information content (AvgIpc) is 2.85. The molecular formula is C15H19LiN4O3. The molecule has 0 aromatic carbocycles. The third kappa shape index (κ3) is 3.33. The first kappa shape index (κ1) is 17.7. The van der Waals surface area contributed by atoms with Crippen LogP contribution in [0.3, 0.4) is 0 Å². The van der Waals surface area contributed by atoms with Gasteiger partial charge in [-0.2, -0.15) is 5.10 Å². The van der Waals surface area contributed by atoms with E-state index in [0.717, 1.165) is 23.1 Å². The number of nitrogens with one attached hydrogen (secondary N) is 1. The number of aliphatic hydroxyl groups is 1. The molecule has 0 saturated heterocycles. The van der Waals surface area contributed by atoms with Gasteiger partial charge >= 0.3 is 24.8 Å². The van der Waals surface area contributed by atoms with Crippen molar-refractivity contribution in [2.45, 2.75) is 25.5 Å². The van der Waals surface area contributed by atoms with Crippen LogP contribution in [0, 0.1) is 0 Å². The number of carbonyl (C=O) groups is 1. The van der Waals surface area contributed by atoms with Gasteiger partial charge in [0.1, 0.15) is 5.69 Å². The smallest absolute Gasteiger partial charge is 1.00 e. The maximum Gasteiger partial charge on any atom is 1.00 e. The molecule has 3 rings (SSSR count). The number of aliphatic hydroxyl groups excluding tert-OH is 1. The summed E-state index contributed by atoms with van der Waals surface area (Å²) in [6, 6.07) is 1.86. The minimum absolute atomic E-state index is 0. The minimum Gasteiger partial charge on any atom is -1.00 e. The van der Waals surface area contributed by atoms with Crippen LogP contribution in [-0.2, 0) is 19.4 Å². The van der Waals surface area contributed by atoms with E-state index >= 15 is 0 Å². The number of nitrogens with zero attached hydrogens (tertiary/aromatic N) is 3. The second-order valence-corrected chi connectivity index (χ2v) is 5.41. The van der Waals surface area contributed by atoms with Crippen LogP contribution >= 0.6 is 0 Å². The average molecular weight is 310 g/mol. The number of fused-ring (bicyclic) bond motifs is 3. The van der Waals surface area contributed by atoms with E-state index in [0.29, 0.717) is 18.7 Å². The summed E-state index contributed by atoms with van der Waals surface area (Å²) in [5.74, 6) is -1.01. The summed E-state index contributed by atoms with van der Waals surface area (Å²) in [5, 5.41) is 26.8. The van der Waals surface area contributed by atoms with E-state index < -0.39 is 12.1 Å². The van der Waals surface area contributed by atoms with Gasteiger partial charge in [0.25, 0.3) is 0 Å². The van der Waals surface area contributed by atoms with E-state index in [1.54, 1.807) is 19.4 Å². The number of aryl methyl sites for hydroxylation is 1. The maximum absolute atomic E-state index is 11.6. The van der Waals surface area contributed by atoms with Gasteiger partial charge in [-0.15, -0.1) is 0 Å². The molecule has 8 heteroatoms. The van der Waals surface area contributed by atoms with E-state index in [1.807, 2.05) is 6.07 Å². The predicted octanol–water partition coefficient (Wildman–Crippen LogP) is -2.56. The molecule has 1 aliphatic carbocycles. The zero-order valence-corrected chi connectivity index (χ0v) is 13.3. The molecule has 0 aliphatic heterocycles. The van der Waals surface area contributed by atoms with E-state index in [4.69, 9.17) is 0 Å². The standard InChI is InChI=1S/C15H18N4O3.Li.H/c1-16-7-10(20)8-19-14(15(21)22)12-3-2-9-6-17-5-4-11(9)13(12)18-19;;/h4-6,10,16,20H,2-3,7-8H2,1H3,(H,21,22);;/q;+1;-1. The second-order valence-electron chi connectivity index (χ2n) is 5.41. The fourth-order valence-electron chi connectivity index (χ4n) is 2.94. The van der Waals surface area contributed by atoms with Crippen molar-refractivity contribution in [3.05, 3.63) is 35.3 Å². The first-order valence-electron chi connectivity index (χ1n) is 7.20. The summed E-state index contributed by atoms with van der Waals surface area (Å²) in [6.07, 6.45) is 4.16. The Labute approximate surface area is 147 Å². The van der Waals surface area contributed by atoms with Gasteiger partial charge in [-0.1, -0.05) is 0 Å². The van der Waals surface area contributed by atoms with E-state index in [1.165, 1.54) is 4.68 Å². The zero-order valence-electron chi connectivity index (χ0n) is 14.3. The largest absolute Gasteiger partial charge is 1.00 e. The third-order valence-electron chi connectivity index (χ3n) is 3.88. The van der Waals surface area contributed by atoms with Crippen molar-refractivity contribution >= 4 is 5.97 Å². The van der Waals surface area contributed by atoms with Gasteiger partial charge in [0.15, 0.2) is 0 Å². The summed E-state index contributed by atoms with van der Waals surface area (Å²) >= 11 is 0. The number of aromatic carboxylic acids is 1. The Morgan fingerprint density at radius 3 is 3.00 bits per heavy atom. The Morgan fingerprint density at radius 2 is 2.30 bits per heavy atom. The normalized spacial score (nSPS) is 13.7. The van der Waals surface area contributed by atoms with Crippen LogP contribution in [0.25, 0.3) is 11.3 Å². The van der Waals surface area contributed by atoms with Gasteiger partial charge in [0, 0.05) is 30.1 Å². The molecule has 2 heterocycles. The zero-order chi connectivity index (χ0) is 15.7. The minimum atomic E-state index is -1.01. The molecule has 0 amide bonds. The third-order valence-corrected chi connectivity index (χ3v) is 3.88. The number of hydrogen-bond acceptors (Lipinski definition) is 5. The molecule has 0 bridgehead atoms. The molecule has 2 aromatic rings. The van der Waals surface area contributed by atoms with Crippen LogP contribution in [-0.4, -0.2) is 50.6 Å². The van der Waals surface area contributed by atoms with E-state index in [-0.39, 0.29) is 32.5 Å². The van der Waals surface area contributed by atoms with Crippen LogP contribution < -0.4 is 24.2 Å². The molecule has 1 atom stereocenters. The number of aromatic nitrogens is 3. The molecule has 1 unspecified atom stereocenters. The number of rotatable bonds is 5. The molecule has 118 valence electrons. The molecule has 2 aromatic heterocycles. The van der Waals surface area contributed by atoms with Crippen molar-refractivity contribution < 1.29 is 35.3 Å². The Kier molecular flexibility index (Phi) is 5.60. The number of pyridine rings is 1. The van der Waals surface area contributed by atoms with E-state index in [9.17, 15) is 15.0 Å². The van der Waals surface area contributed by atoms with Crippen molar-refractivity contribution in [3.63, 3.8) is 0 Å². The topological polar surface area (TPSA) is 100 Å². The quantitative estimate of drug-likeness (QED) is 0.525. The van der Waals surface area contributed by atoms with Crippen molar-refractivity contribution in [2.24, 2.45) is 0 Å². The van der Waals surface area contributed by atoms with Crippen molar-refractivity contribution in [1.82, 2.24) is 20.1 Å². The summed E-state index contributed by atoms with van der Waals surface area (Å²) < 4.78 is 1.41. The second kappa shape index (κ2) is 7.28. The molecule has 7 nitrogen and oxygen atoms in total. The first-order chi connectivity index (χ1) is 10.6. The number of carboxylic acid groups (broad SMARTS) is 1. The van der Waals surface area contributed by atoms with Crippen LogP contribution in [0.1, 0.15) is 23.0 Å². The van der Waals surface area contributed by atoms with Crippen LogP contribution in [0.15, 0.2) is 18.5 Å². The van der Waals surface area contributed by atoms with Crippen molar-refractivity contribution in [3.8, 4) is 11.3 Å². The Morgan fingerprint density at radius 1 is 1.52 bits per heavy atom. The Bertz CT molecular complexity index is 723. The molecule has 0 saturated carbocycles. The number of carboxylic acids is 1. The molecule has 3 N–H and O–H groups in total. The molecule has 0 spiro atoms. The number of hydrogen-bond donors (Lipinski definition) is 3. The van der Waals surface area contributed by atoms with Crippen LogP contribution in [0.4, 0.5) is 0 Å². The summed E-state index contributed by atoms with van der Waals surface area (Å²) in [5.41, 5.74) is 3.61. The monoisotopic (exact) mass is 310 g/mol. The first-order valence-corrected chi connectivity index (χ1v) is 7.20. The molecule has 1 aliphatic rings. The van der Waals surface area contributed by atoms with Crippen LogP contribution in [0.2, 0.25) is 0 Å². The Hall–Kier alpha value is -1.65. The van der Waals surface area contributed by atoms with Crippen molar-refractivity contribution in [2.75, 3.05) is 13.6 Å².